The maximum absolute atomic E-state index is 13.1. The summed E-state index contributed by atoms with van der Waals surface area (Å²) in [5.41, 5.74) is 5.80. The zero-order chi connectivity index (χ0) is 21.7. The summed E-state index contributed by atoms with van der Waals surface area (Å²) in [4.78, 5) is 19.9. The molecule has 4 nitrogen and oxygen atoms in total. The van der Waals surface area contributed by atoms with Gasteiger partial charge in [0.15, 0.2) is 0 Å². The van der Waals surface area contributed by atoms with Crippen LogP contribution in [0.3, 0.4) is 0 Å². The van der Waals surface area contributed by atoms with Gasteiger partial charge in [-0.2, -0.15) is 0 Å². The Morgan fingerprint density at radius 2 is 1.71 bits per heavy atom. The number of pyridine rings is 1. The van der Waals surface area contributed by atoms with E-state index in [-0.39, 0.29) is 11.3 Å². The molecule has 1 saturated heterocycles. The lowest BCUT2D eigenvalue weighted by Gasteiger charge is -2.41. The molecule has 3 aromatic rings. The summed E-state index contributed by atoms with van der Waals surface area (Å²) in [5.74, 6) is 0.157. The smallest absolute Gasteiger partial charge is 0.226 e. The summed E-state index contributed by atoms with van der Waals surface area (Å²) in [6, 6.07) is 21.0. The number of aromatic nitrogens is 1. The maximum atomic E-state index is 13.1. The Balaban J connectivity index is 1.55. The second-order valence-electron chi connectivity index (χ2n) is 8.64. The highest BCUT2D eigenvalue weighted by atomic mass is 16.2. The molecule has 1 fully saturated rings. The van der Waals surface area contributed by atoms with Gasteiger partial charge < -0.3 is 5.32 Å². The summed E-state index contributed by atoms with van der Waals surface area (Å²) in [7, 11) is 1.76. The van der Waals surface area contributed by atoms with Crippen molar-refractivity contribution >= 4 is 5.91 Å². The number of likely N-dealkylation sites (tertiary alicyclic amines) is 1. The summed E-state index contributed by atoms with van der Waals surface area (Å²) in [6.45, 7) is 4.97. The number of piperidine rings is 1. The quantitative estimate of drug-likeness (QED) is 0.641. The van der Waals surface area contributed by atoms with Gasteiger partial charge in [-0.1, -0.05) is 54.6 Å². The van der Waals surface area contributed by atoms with Crippen LogP contribution in [0.25, 0.3) is 11.1 Å². The summed E-state index contributed by atoms with van der Waals surface area (Å²) < 4.78 is 0. The highest BCUT2D eigenvalue weighted by Gasteiger charge is 2.41. The van der Waals surface area contributed by atoms with Gasteiger partial charge in [-0.05, 0) is 67.6 Å². The first-order valence-corrected chi connectivity index (χ1v) is 11.1. The third-order valence-corrected chi connectivity index (χ3v) is 6.70. The molecule has 1 aliphatic rings. The molecule has 1 aromatic heterocycles. The van der Waals surface area contributed by atoms with Gasteiger partial charge in [0.05, 0.1) is 5.41 Å². The van der Waals surface area contributed by atoms with Crippen molar-refractivity contribution in [1.29, 1.82) is 0 Å². The molecule has 0 aliphatic carbocycles. The molecule has 160 valence electrons. The average molecular weight is 414 g/mol. The number of nitrogens with one attached hydrogen (secondary N) is 1. The topological polar surface area (TPSA) is 45.2 Å². The maximum Gasteiger partial charge on any atom is 0.226 e. The van der Waals surface area contributed by atoms with Gasteiger partial charge in [-0.25, -0.2) is 0 Å². The number of hydrogen-bond acceptors (Lipinski definition) is 3. The predicted octanol–water partition coefficient (Wildman–Crippen LogP) is 4.63. The minimum Gasteiger partial charge on any atom is -0.359 e. The van der Waals surface area contributed by atoms with E-state index in [4.69, 9.17) is 0 Å². The molecule has 0 bridgehead atoms. The first-order chi connectivity index (χ1) is 15.1. The number of hydrogen-bond donors (Lipinski definition) is 1. The lowest BCUT2D eigenvalue weighted by Crippen LogP contribution is -2.49. The second kappa shape index (κ2) is 9.44. The Hall–Kier alpha value is -2.98. The normalized spacial score (nSPS) is 16.1. The largest absolute Gasteiger partial charge is 0.359 e. The fourth-order valence-electron chi connectivity index (χ4n) is 4.76. The lowest BCUT2D eigenvalue weighted by molar-refractivity contribution is -0.133. The predicted molar refractivity (Wildman–Crippen MR) is 126 cm³/mol. The van der Waals surface area contributed by atoms with Crippen molar-refractivity contribution in [2.45, 2.75) is 32.7 Å². The highest BCUT2D eigenvalue weighted by molar-refractivity contribution is 5.83. The standard InChI is InChI=1S/C27H31N3O/c1-21-8-3-4-10-24(21)20-30-16-13-27(14-17-30,26(31)28-2)18-22-9-5-6-12-25(22)23-11-7-15-29-19-23/h3-12,15,19H,13-14,16-18,20H2,1-2H3,(H,28,31). The zero-order valence-electron chi connectivity index (χ0n) is 18.5. The van der Waals surface area contributed by atoms with Crippen LogP contribution in [0, 0.1) is 12.3 Å². The SMILES string of the molecule is CNC(=O)C1(Cc2ccccc2-c2cccnc2)CCN(Cc2ccccc2C)CC1. The van der Waals surface area contributed by atoms with E-state index >= 15 is 0 Å². The molecule has 1 aliphatic heterocycles. The van der Waals surface area contributed by atoms with Crippen molar-refractivity contribution in [1.82, 2.24) is 15.2 Å². The molecular formula is C27H31N3O. The van der Waals surface area contributed by atoms with E-state index < -0.39 is 0 Å². The molecule has 2 aromatic carbocycles. The fraction of sp³-hybridized carbons (Fsp3) is 0.333. The van der Waals surface area contributed by atoms with Crippen molar-refractivity contribution in [3.8, 4) is 11.1 Å². The van der Waals surface area contributed by atoms with E-state index in [1.807, 2.05) is 12.3 Å². The molecule has 0 atom stereocenters. The Bertz CT molecular complexity index is 1020. The Kier molecular flexibility index (Phi) is 6.47. The van der Waals surface area contributed by atoms with E-state index in [1.54, 1.807) is 13.2 Å². The van der Waals surface area contributed by atoms with Crippen molar-refractivity contribution in [2.24, 2.45) is 5.41 Å². The number of benzene rings is 2. The molecule has 1 N–H and O–H groups in total. The summed E-state index contributed by atoms with van der Waals surface area (Å²) in [6.07, 6.45) is 6.16. The van der Waals surface area contributed by atoms with Crippen molar-refractivity contribution < 1.29 is 4.79 Å². The molecule has 0 unspecified atom stereocenters. The van der Waals surface area contributed by atoms with E-state index in [0.29, 0.717) is 0 Å². The third-order valence-electron chi connectivity index (χ3n) is 6.70. The number of amides is 1. The number of carbonyl (C=O) groups excluding carboxylic acids is 1. The van der Waals surface area contributed by atoms with Crippen molar-refractivity contribution in [3.05, 3.63) is 89.7 Å². The van der Waals surface area contributed by atoms with Gasteiger partial charge in [-0.3, -0.25) is 14.7 Å². The Morgan fingerprint density at radius 3 is 2.39 bits per heavy atom. The van der Waals surface area contributed by atoms with Crippen LogP contribution >= 0.6 is 0 Å². The van der Waals surface area contributed by atoms with E-state index in [2.05, 4.69) is 76.7 Å². The molecule has 4 heteroatoms. The first kappa shape index (κ1) is 21.3. The highest BCUT2D eigenvalue weighted by Crippen LogP contribution is 2.38. The third kappa shape index (κ3) is 4.70. The monoisotopic (exact) mass is 413 g/mol. The first-order valence-electron chi connectivity index (χ1n) is 11.1. The van der Waals surface area contributed by atoms with Gasteiger partial charge in [0.1, 0.15) is 0 Å². The Labute approximate surface area is 185 Å². The minimum atomic E-state index is -0.380. The van der Waals surface area contributed by atoms with Gasteiger partial charge in [0.25, 0.3) is 0 Å². The van der Waals surface area contributed by atoms with Crippen LogP contribution in [0.5, 0.6) is 0 Å². The summed E-state index contributed by atoms with van der Waals surface area (Å²) >= 11 is 0. The zero-order valence-corrected chi connectivity index (χ0v) is 18.5. The van der Waals surface area contributed by atoms with Crippen LogP contribution in [-0.2, 0) is 17.8 Å². The molecule has 0 spiro atoms. The van der Waals surface area contributed by atoms with Crippen molar-refractivity contribution in [3.63, 3.8) is 0 Å². The van der Waals surface area contributed by atoms with Crippen LogP contribution in [-0.4, -0.2) is 35.9 Å². The minimum absolute atomic E-state index is 0.157. The molecule has 4 rings (SSSR count). The van der Waals surface area contributed by atoms with Crippen LogP contribution in [0.15, 0.2) is 73.1 Å². The van der Waals surface area contributed by atoms with E-state index in [1.165, 1.54) is 22.3 Å². The van der Waals surface area contributed by atoms with Gasteiger partial charge in [0, 0.05) is 31.5 Å². The average Bonchev–Trinajstić information content (AvgIpc) is 2.82. The van der Waals surface area contributed by atoms with Crippen LogP contribution < -0.4 is 5.32 Å². The fourth-order valence-corrected chi connectivity index (χ4v) is 4.76. The summed E-state index contributed by atoms with van der Waals surface area (Å²) in [5, 5.41) is 2.96. The molecule has 31 heavy (non-hydrogen) atoms. The Morgan fingerprint density at radius 1 is 1.00 bits per heavy atom. The number of carbonyl (C=O) groups is 1. The molecule has 0 radical (unpaired) electrons. The van der Waals surface area contributed by atoms with Gasteiger partial charge >= 0.3 is 0 Å². The van der Waals surface area contributed by atoms with E-state index in [0.717, 1.165) is 44.5 Å². The molecule has 2 heterocycles. The van der Waals surface area contributed by atoms with Crippen LogP contribution in [0.4, 0.5) is 0 Å². The number of aryl methyl sites for hydroxylation is 1. The molecular weight excluding hydrogens is 382 g/mol. The van der Waals surface area contributed by atoms with E-state index in [9.17, 15) is 4.79 Å². The van der Waals surface area contributed by atoms with Crippen LogP contribution in [0.2, 0.25) is 0 Å². The van der Waals surface area contributed by atoms with Crippen LogP contribution in [0.1, 0.15) is 29.5 Å². The molecule has 1 amide bonds. The van der Waals surface area contributed by atoms with Gasteiger partial charge in [-0.15, -0.1) is 0 Å². The number of nitrogens with zero attached hydrogens (tertiary/aromatic N) is 2. The number of rotatable bonds is 6. The second-order valence-corrected chi connectivity index (χ2v) is 8.64. The lowest BCUT2D eigenvalue weighted by atomic mass is 9.72. The van der Waals surface area contributed by atoms with Crippen molar-refractivity contribution in [2.75, 3.05) is 20.1 Å². The van der Waals surface area contributed by atoms with Gasteiger partial charge in [0.2, 0.25) is 5.91 Å². The molecule has 0 saturated carbocycles.